The van der Waals surface area contributed by atoms with E-state index in [-0.39, 0.29) is 25.4 Å². The molecule has 2 rings (SSSR count). The van der Waals surface area contributed by atoms with E-state index in [1.165, 1.54) is 4.31 Å². The van der Waals surface area contributed by atoms with Crippen molar-refractivity contribution in [3.05, 3.63) is 65.2 Å². The van der Waals surface area contributed by atoms with Crippen molar-refractivity contribution >= 4 is 33.2 Å². The van der Waals surface area contributed by atoms with Crippen molar-refractivity contribution in [3.8, 4) is 0 Å². The molecule has 0 aromatic heterocycles. The zero-order chi connectivity index (χ0) is 17.6. The highest BCUT2D eigenvalue weighted by Gasteiger charge is 2.17. The lowest BCUT2D eigenvalue weighted by molar-refractivity contribution is -0.120. The third kappa shape index (κ3) is 5.54. The van der Waals surface area contributed by atoms with Gasteiger partial charge >= 0.3 is 0 Å². The van der Waals surface area contributed by atoms with Crippen LogP contribution < -0.4 is 9.62 Å². The summed E-state index contributed by atoms with van der Waals surface area (Å²) in [5.74, 6) is -0.152. The van der Waals surface area contributed by atoms with Gasteiger partial charge < -0.3 is 5.32 Å². The van der Waals surface area contributed by atoms with Crippen molar-refractivity contribution in [2.24, 2.45) is 0 Å². The molecule has 1 amide bonds. The molecule has 0 unspecified atom stereocenters. The first-order valence-corrected chi connectivity index (χ1v) is 9.63. The van der Waals surface area contributed by atoms with Crippen molar-refractivity contribution in [3.63, 3.8) is 0 Å². The van der Waals surface area contributed by atoms with Gasteiger partial charge in [0.2, 0.25) is 15.9 Å². The monoisotopic (exact) mass is 366 g/mol. The van der Waals surface area contributed by atoms with E-state index in [9.17, 15) is 13.2 Å². The second-order valence-corrected chi connectivity index (χ2v) is 7.67. The molecule has 0 saturated heterocycles. The average Bonchev–Trinajstić information content (AvgIpc) is 2.51. The summed E-state index contributed by atoms with van der Waals surface area (Å²) in [7, 11) is -3.47. The van der Waals surface area contributed by atoms with Gasteiger partial charge in [0.05, 0.1) is 24.9 Å². The Balaban J connectivity index is 1.95. The van der Waals surface area contributed by atoms with Crippen LogP contribution >= 0.6 is 11.6 Å². The first-order valence-electron chi connectivity index (χ1n) is 7.40. The molecule has 0 aliphatic heterocycles. The van der Waals surface area contributed by atoms with Crippen LogP contribution in [-0.2, 0) is 21.2 Å². The predicted molar refractivity (Wildman–Crippen MR) is 96.8 cm³/mol. The van der Waals surface area contributed by atoms with Crippen LogP contribution in [0.4, 0.5) is 5.69 Å². The maximum atomic E-state index is 12.0. The number of anilines is 1. The number of carbonyl (C=O) groups excluding carboxylic acids is 1. The number of sulfonamides is 1. The maximum Gasteiger partial charge on any atom is 0.232 e. The van der Waals surface area contributed by atoms with E-state index in [0.717, 1.165) is 11.8 Å². The number of carbonyl (C=O) groups is 1. The zero-order valence-corrected chi connectivity index (χ0v) is 14.8. The first kappa shape index (κ1) is 18.3. The molecule has 5 nitrogen and oxygen atoms in total. The van der Waals surface area contributed by atoms with Gasteiger partial charge in [-0.25, -0.2) is 8.42 Å². The summed E-state index contributed by atoms with van der Waals surface area (Å²) in [6, 6.07) is 16.0. The molecule has 0 saturated carbocycles. The standard InChI is InChI=1S/C17H19ClN2O3S/c1-24(22,23)20(16-9-5-8-15(18)13-16)11-10-19-17(21)12-14-6-3-2-4-7-14/h2-9,13H,10-12H2,1H3,(H,19,21). The molecular formula is C17H19ClN2O3S. The molecule has 0 heterocycles. The van der Waals surface area contributed by atoms with Crippen LogP contribution in [0.3, 0.4) is 0 Å². The molecule has 2 aromatic carbocycles. The summed E-state index contributed by atoms with van der Waals surface area (Å²) >= 11 is 5.92. The van der Waals surface area contributed by atoms with Crippen LogP contribution in [0.15, 0.2) is 54.6 Å². The summed E-state index contributed by atoms with van der Waals surface area (Å²) in [4.78, 5) is 11.9. The van der Waals surface area contributed by atoms with E-state index in [2.05, 4.69) is 5.32 Å². The molecule has 128 valence electrons. The van der Waals surface area contributed by atoms with Gasteiger partial charge in [-0.1, -0.05) is 48.0 Å². The Bertz CT molecular complexity index is 794. The SMILES string of the molecule is CS(=O)(=O)N(CCNC(=O)Cc1ccccc1)c1cccc(Cl)c1. The summed E-state index contributed by atoms with van der Waals surface area (Å²) in [5, 5.41) is 3.19. The fourth-order valence-corrected chi connectivity index (χ4v) is 3.36. The summed E-state index contributed by atoms with van der Waals surface area (Å²) in [6.07, 6.45) is 1.39. The van der Waals surface area contributed by atoms with Gasteiger partial charge in [0.15, 0.2) is 0 Å². The van der Waals surface area contributed by atoms with Crippen LogP contribution in [0.1, 0.15) is 5.56 Å². The molecule has 2 aromatic rings. The largest absolute Gasteiger partial charge is 0.354 e. The minimum atomic E-state index is -3.47. The predicted octanol–water partition coefficient (Wildman–Crippen LogP) is 2.46. The Kier molecular flexibility index (Phi) is 6.23. The lowest BCUT2D eigenvalue weighted by Crippen LogP contribution is -2.38. The van der Waals surface area contributed by atoms with Crippen LogP contribution in [-0.4, -0.2) is 33.7 Å². The lowest BCUT2D eigenvalue weighted by atomic mass is 10.1. The van der Waals surface area contributed by atoms with Crippen molar-refractivity contribution in [2.75, 3.05) is 23.7 Å². The quantitative estimate of drug-likeness (QED) is 0.818. The lowest BCUT2D eigenvalue weighted by Gasteiger charge is -2.22. The Hall–Kier alpha value is -2.05. The number of benzene rings is 2. The number of nitrogens with zero attached hydrogens (tertiary/aromatic N) is 1. The van der Waals surface area contributed by atoms with Crippen molar-refractivity contribution in [1.82, 2.24) is 5.32 Å². The fraction of sp³-hybridized carbons (Fsp3) is 0.235. The fourth-order valence-electron chi connectivity index (χ4n) is 2.26. The number of amides is 1. The molecule has 0 aliphatic carbocycles. The number of hydrogen-bond acceptors (Lipinski definition) is 3. The Morgan fingerprint density at radius 1 is 1.12 bits per heavy atom. The second-order valence-electron chi connectivity index (χ2n) is 5.33. The number of hydrogen-bond donors (Lipinski definition) is 1. The number of nitrogens with one attached hydrogen (secondary N) is 1. The molecular weight excluding hydrogens is 348 g/mol. The first-order chi connectivity index (χ1) is 11.4. The zero-order valence-electron chi connectivity index (χ0n) is 13.3. The molecule has 0 fully saturated rings. The molecule has 0 aliphatic rings. The Morgan fingerprint density at radius 3 is 2.46 bits per heavy atom. The summed E-state index contributed by atoms with van der Waals surface area (Å²) in [6.45, 7) is 0.352. The van der Waals surface area contributed by atoms with Gasteiger partial charge in [-0.2, -0.15) is 0 Å². The highest BCUT2D eigenvalue weighted by molar-refractivity contribution is 7.92. The summed E-state index contributed by atoms with van der Waals surface area (Å²) < 4.78 is 25.2. The van der Waals surface area contributed by atoms with Gasteiger partial charge in [0.1, 0.15) is 0 Å². The number of halogens is 1. The highest BCUT2D eigenvalue weighted by Crippen LogP contribution is 2.21. The molecule has 7 heteroatoms. The Labute approximate surface area is 147 Å². The molecule has 1 N–H and O–H groups in total. The van der Waals surface area contributed by atoms with Gasteiger partial charge in [-0.15, -0.1) is 0 Å². The van der Waals surface area contributed by atoms with Gasteiger partial charge in [0, 0.05) is 11.6 Å². The normalized spacial score (nSPS) is 11.1. The minimum Gasteiger partial charge on any atom is -0.354 e. The van der Waals surface area contributed by atoms with Crippen molar-refractivity contribution in [1.29, 1.82) is 0 Å². The van der Waals surface area contributed by atoms with Gasteiger partial charge in [-0.3, -0.25) is 9.10 Å². The van der Waals surface area contributed by atoms with Crippen molar-refractivity contribution < 1.29 is 13.2 Å². The van der Waals surface area contributed by atoms with E-state index < -0.39 is 10.0 Å². The molecule has 0 radical (unpaired) electrons. The van der Waals surface area contributed by atoms with E-state index >= 15 is 0 Å². The van der Waals surface area contributed by atoms with Crippen LogP contribution in [0.25, 0.3) is 0 Å². The maximum absolute atomic E-state index is 12.0. The van der Waals surface area contributed by atoms with E-state index in [0.29, 0.717) is 10.7 Å². The second kappa shape index (κ2) is 8.17. The topological polar surface area (TPSA) is 66.5 Å². The average molecular weight is 367 g/mol. The number of rotatable bonds is 7. The van der Waals surface area contributed by atoms with E-state index in [1.807, 2.05) is 30.3 Å². The molecule has 0 spiro atoms. The molecule has 24 heavy (non-hydrogen) atoms. The van der Waals surface area contributed by atoms with Crippen LogP contribution in [0, 0.1) is 0 Å². The highest BCUT2D eigenvalue weighted by atomic mass is 35.5. The third-order valence-corrected chi connectivity index (χ3v) is 4.77. The minimum absolute atomic E-state index is 0.139. The smallest absolute Gasteiger partial charge is 0.232 e. The van der Waals surface area contributed by atoms with Crippen LogP contribution in [0.5, 0.6) is 0 Å². The van der Waals surface area contributed by atoms with E-state index in [1.54, 1.807) is 24.3 Å². The summed E-state index contributed by atoms with van der Waals surface area (Å²) in [5.41, 5.74) is 1.38. The van der Waals surface area contributed by atoms with Crippen molar-refractivity contribution in [2.45, 2.75) is 6.42 Å². The third-order valence-electron chi connectivity index (χ3n) is 3.34. The van der Waals surface area contributed by atoms with Gasteiger partial charge in [0.25, 0.3) is 0 Å². The van der Waals surface area contributed by atoms with Crippen LogP contribution in [0.2, 0.25) is 5.02 Å². The Morgan fingerprint density at radius 2 is 1.83 bits per heavy atom. The van der Waals surface area contributed by atoms with E-state index in [4.69, 9.17) is 11.6 Å². The molecule has 0 bridgehead atoms. The van der Waals surface area contributed by atoms with Gasteiger partial charge in [-0.05, 0) is 23.8 Å². The molecule has 0 atom stereocenters.